The molecule has 3 heteroatoms. The molecule has 0 fully saturated rings. The van der Waals surface area contributed by atoms with Crippen molar-refractivity contribution in [1.82, 2.24) is 10.6 Å². The third-order valence-electron chi connectivity index (χ3n) is 1.93. The number of nitrogens with two attached hydrogens (primary N) is 1. The molecule has 0 radical (unpaired) electrons. The summed E-state index contributed by atoms with van der Waals surface area (Å²) in [5.74, 6) is 0.808. The minimum absolute atomic E-state index is 0.737. The van der Waals surface area contributed by atoms with Crippen molar-refractivity contribution in [3.05, 3.63) is 0 Å². The zero-order valence-electron chi connectivity index (χ0n) is 9.10. The van der Waals surface area contributed by atoms with E-state index in [0.717, 1.165) is 38.6 Å². The summed E-state index contributed by atoms with van der Waals surface area (Å²) in [5.41, 5.74) is 5.35. The Bertz CT molecular complexity index is 94.2. The molecule has 0 atom stereocenters. The van der Waals surface area contributed by atoms with Crippen LogP contribution >= 0.6 is 0 Å². The largest absolute Gasteiger partial charge is 0.329 e. The fourth-order valence-corrected chi connectivity index (χ4v) is 1.08. The van der Waals surface area contributed by atoms with Crippen molar-refractivity contribution in [1.29, 1.82) is 0 Å². The molecule has 13 heavy (non-hydrogen) atoms. The van der Waals surface area contributed by atoms with Gasteiger partial charge in [0.25, 0.3) is 0 Å². The van der Waals surface area contributed by atoms with Crippen LogP contribution in [0.4, 0.5) is 0 Å². The number of hydrogen-bond acceptors (Lipinski definition) is 3. The van der Waals surface area contributed by atoms with E-state index in [1.807, 2.05) is 0 Å². The first kappa shape index (κ1) is 12.9. The van der Waals surface area contributed by atoms with Crippen LogP contribution in [0.2, 0.25) is 0 Å². The van der Waals surface area contributed by atoms with Crippen LogP contribution in [0.1, 0.15) is 26.7 Å². The summed E-state index contributed by atoms with van der Waals surface area (Å²) in [5, 5.41) is 6.69. The molecule has 0 aromatic rings. The van der Waals surface area contributed by atoms with E-state index >= 15 is 0 Å². The molecular formula is C10H25N3. The summed E-state index contributed by atoms with van der Waals surface area (Å²) < 4.78 is 0. The predicted molar refractivity (Wildman–Crippen MR) is 58.9 cm³/mol. The second kappa shape index (κ2) is 9.96. The third kappa shape index (κ3) is 11.9. The average molecular weight is 187 g/mol. The molecule has 0 amide bonds. The zero-order valence-corrected chi connectivity index (χ0v) is 9.10. The fraction of sp³-hybridized carbons (Fsp3) is 1.00. The highest BCUT2D eigenvalue weighted by molar-refractivity contribution is 4.53. The van der Waals surface area contributed by atoms with Crippen LogP contribution in [0.5, 0.6) is 0 Å². The Kier molecular flexibility index (Phi) is 9.87. The Morgan fingerprint density at radius 3 is 2.15 bits per heavy atom. The Morgan fingerprint density at radius 1 is 1.00 bits per heavy atom. The molecule has 0 aliphatic heterocycles. The van der Waals surface area contributed by atoms with Crippen LogP contribution in [0.15, 0.2) is 0 Å². The van der Waals surface area contributed by atoms with Gasteiger partial charge in [0, 0.05) is 13.1 Å². The van der Waals surface area contributed by atoms with Gasteiger partial charge in [-0.3, -0.25) is 0 Å². The molecule has 0 aliphatic carbocycles. The Hall–Kier alpha value is -0.120. The smallest absolute Gasteiger partial charge is 0.00745 e. The normalized spacial score (nSPS) is 11.1. The number of rotatable bonds is 9. The molecule has 0 aliphatic rings. The quantitative estimate of drug-likeness (QED) is 0.462. The van der Waals surface area contributed by atoms with Gasteiger partial charge in [0.05, 0.1) is 0 Å². The van der Waals surface area contributed by atoms with Gasteiger partial charge >= 0.3 is 0 Å². The monoisotopic (exact) mass is 187 g/mol. The molecule has 0 aromatic heterocycles. The molecule has 0 unspecified atom stereocenters. The van der Waals surface area contributed by atoms with Gasteiger partial charge in [-0.25, -0.2) is 0 Å². The molecule has 0 saturated heterocycles. The van der Waals surface area contributed by atoms with E-state index < -0.39 is 0 Å². The molecule has 4 N–H and O–H groups in total. The summed E-state index contributed by atoms with van der Waals surface area (Å²) in [6, 6.07) is 0. The minimum atomic E-state index is 0.737. The van der Waals surface area contributed by atoms with E-state index in [0.29, 0.717) is 0 Å². The fourth-order valence-electron chi connectivity index (χ4n) is 1.08. The van der Waals surface area contributed by atoms with Crippen molar-refractivity contribution in [2.45, 2.75) is 26.7 Å². The van der Waals surface area contributed by atoms with E-state index in [9.17, 15) is 0 Å². The summed E-state index contributed by atoms with van der Waals surface area (Å²) in [4.78, 5) is 0. The lowest BCUT2D eigenvalue weighted by molar-refractivity contribution is 0.525. The first-order valence-electron chi connectivity index (χ1n) is 5.39. The highest BCUT2D eigenvalue weighted by Crippen LogP contribution is 1.95. The molecular weight excluding hydrogens is 162 g/mol. The standard InChI is InChI=1S/C10H25N3/c1-10(2)4-8-12-6-3-7-13-9-5-11/h10,12-13H,3-9,11H2,1-2H3. The topological polar surface area (TPSA) is 50.1 Å². The van der Waals surface area contributed by atoms with Crippen molar-refractivity contribution >= 4 is 0 Å². The van der Waals surface area contributed by atoms with Crippen LogP contribution in [-0.2, 0) is 0 Å². The van der Waals surface area contributed by atoms with Crippen LogP contribution in [-0.4, -0.2) is 32.7 Å². The van der Waals surface area contributed by atoms with Crippen LogP contribution in [0, 0.1) is 5.92 Å². The Labute approximate surface area is 82.5 Å². The van der Waals surface area contributed by atoms with Gasteiger partial charge in [0.15, 0.2) is 0 Å². The first-order valence-corrected chi connectivity index (χ1v) is 5.39. The lowest BCUT2D eigenvalue weighted by atomic mass is 10.1. The summed E-state index contributed by atoms with van der Waals surface area (Å²) in [6.07, 6.45) is 2.47. The van der Waals surface area contributed by atoms with E-state index in [1.54, 1.807) is 0 Å². The number of hydrogen-bond donors (Lipinski definition) is 3. The van der Waals surface area contributed by atoms with E-state index in [4.69, 9.17) is 5.73 Å². The Morgan fingerprint density at radius 2 is 1.62 bits per heavy atom. The highest BCUT2D eigenvalue weighted by Gasteiger charge is 1.92. The average Bonchev–Trinajstić information content (AvgIpc) is 2.09. The van der Waals surface area contributed by atoms with Gasteiger partial charge in [-0.15, -0.1) is 0 Å². The summed E-state index contributed by atoms with van der Waals surface area (Å²) in [7, 11) is 0. The third-order valence-corrected chi connectivity index (χ3v) is 1.93. The Balaban J connectivity index is 2.84. The zero-order chi connectivity index (χ0) is 9.94. The SMILES string of the molecule is CC(C)CCNCCCNCCN. The minimum Gasteiger partial charge on any atom is -0.329 e. The molecule has 0 aromatic carbocycles. The van der Waals surface area contributed by atoms with Crippen LogP contribution < -0.4 is 16.4 Å². The van der Waals surface area contributed by atoms with E-state index in [-0.39, 0.29) is 0 Å². The molecule has 0 saturated carbocycles. The lowest BCUT2D eigenvalue weighted by Gasteiger charge is -2.07. The lowest BCUT2D eigenvalue weighted by Crippen LogP contribution is -2.26. The van der Waals surface area contributed by atoms with Crippen molar-refractivity contribution in [3.63, 3.8) is 0 Å². The molecule has 0 bridgehead atoms. The van der Waals surface area contributed by atoms with E-state index in [1.165, 1.54) is 12.8 Å². The summed E-state index contributed by atoms with van der Waals surface area (Å²) >= 11 is 0. The second-order valence-electron chi connectivity index (χ2n) is 3.82. The molecule has 0 rings (SSSR count). The molecule has 0 spiro atoms. The van der Waals surface area contributed by atoms with Crippen molar-refractivity contribution in [2.75, 3.05) is 32.7 Å². The van der Waals surface area contributed by atoms with Gasteiger partial charge in [-0.2, -0.15) is 0 Å². The van der Waals surface area contributed by atoms with Gasteiger partial charge in [-0.1, -0.05) is 13.8 Å². The first-order chi connectivity index (χ1) is 6.27. The predicted octanol–water partition coefficient (Wildman–Crippen LogP) is 0.561. The van der Waals surface area contributed by atoms with Crippen molar-refractivity contribution < 1.29 is 0 Å². The maximum absolute atomic E-state index is 5.35. The van der Waals surface area contributed by atoms with Crippen molar-refractivity contribution in [2.24, 2.45) is 11.7 Å². The van der Waals surface area contributed by atoms with Crippen molar-refractivity contribution in [3.8, 4) is 0 Å². The summed E-state index contributed by atoms with van der Waals surface area (Å²) in [6.45, 7) is 9.52. The molecule has 0 heterocycles. The second-order valence-corrected chi connectivity index (χ2v) is 3.82. The molecule has 80 valence electrons. The van der Waals surface area contributed by atoms with Crippen LogP contribution in [0.3, 0.4) is 0 Å². The number of nitrogens with one attached hydrogen (secondary N) is 2. The van der Waals surface area contributed by atoms with Gasteiger partial charge in [-0.05, 0) is 38.4 Å². The maximum atomic E-state index is 5.35. The highest BCUT2D eigenvalue weighted by atomic mass is 14.9. The van der Waals surface area contributed by atoms with E-state index in [2.05, 4.69) is 24.5 Å². The van der Waals surface area contributed by atoms with Gasteiger partial charge < -0.3 is 16.4 Å². The van der Waals surface area contributed by atoms with Gasteiger partial charge in [0.1, 0.15) is 0 Å². The molecule has 3 nitrogen and oxygen atoms in total. The van der Waals surface area contributed by atoms with Crippen LogP contribution in [0.25, 0.3) is 0 Å². The van der Waals surface area contributed by atoms with Gasteiger partial charge in [0.2, 0.25) is 0 Å². The maximum Gasteiger partial charge on any atom is 0.00745 e.